The van der Waals surface area contributed by atoms with E-state index < -0.39 is 0 Å². The van der Waals surface area contributed by atoms with Crippen LogP contribution in [0.15, 0.2) is 0 Å². The van der Waals surface area contributed by atoms with Crippen LogP contribution in [0.2, 0.25) is 0 Å². The molecule has 1 rings (SSSR count). The molecule has 0 aliphatic carbocycles. The van der Waals surface area contributed by atoms with Gasteiger partial charge in [0, 0.05) is 11.7 Å². The van der Waals surface area contributed by atoms with Gasteiger partial charge in [-0.1, -0.05) is 6.92 Å². The second kappa shape index (κ2) is 6.12. The van der Waals surface area contributed by atoms with E-state index in [9.17, 15) is 0 Å². The van der Waals surface area contributed by atoms with E-state index in [1.165, 1.54) is 0 Å². The molecule has 1 aliphatic heterocycles. The number of ether oxygens (including phenoxy) is 2. The van der Waals surface area contributed by atoms with Gasteiger partial charge in [0.05, 0.1) is 30.2 Å². The Morgan fingerprint density at radius 1 is 1.20 bits per heavy atom. The first-order chi connectivity index (χ1) is 6.99. The van der Waals surface area contributed by atoms with Crippen molar-refractivity contribution in [3.63, 3.8) is 0 Å². The maximum Gasteiger partial charge on any atom is 0.0762 e. The van der Waals surface area contributed by atoms with Gasteiger partial charge in [-0.3, -0.25) is 0 Å². The van der Waals surface area contributed by atoms with Crippen LogP contribution >= 0.6 is 11.8 Å². The molecule has 15 heavy (non-hydrogen) atoms. The minimum absolute atomic E-state index is 0.253. The number of hydrogen-bond donors (Lipinski definition) is 0. The Morgan fingerprint density at radius 2 is 1.87 bits per heavy atom. The summed E-state index contributed by atoms with van der Waals surface area (Å²) in [6, 6.07) is 0. The van der Waals surface area contributed by atoms with E-state index in [1.54, 1.807) is 0 Å². The maximum absolute atomic E-state index is 5.87. The van der Waals surface area contributed by atoms with Gasteiger partial charge >= 0.3 is 0 Å². The van der Waals surface area contributed by atoms with Crippen LogP contribution < -0.4 is 0 Å². The van der Waals surface area contributed by atoms with Crippen molar-refractivity contribution in [1.29, 1.82) is 0 Å². The van der Waals surface area contributed by atoms with Crippen molar-refractivity contribution in [3.8, 4) is 0 Å². The highest BCUT2D eigenvalue weighted by Crippen LogP contribution is 2.35. The van der Waals surface area contributed by atoms with E-state index in [4.69, 9.17) is 9.47 Å². The van der Waals surface area contributed by atoms with Crippen molar-refractivity contribution < 1.29 is 9.47 Å². The van der Waals surface area contributed by atoms with E-state index in [2.05, 4.69) is 41.0 Å². The fourth-order valence-electron chi connectivity index (χ4n) is 1.66. The fraction of sp³-hybridized carbons (Fsp3) is 0.917. The molecule has 3 atom stereocenters. The number of thioether (sulfide) groups is 1. The molecule has 0 aromatic rings. The van der Waals surface area contributed by atoms with Gasteiger partial charge in [0.2, 0.25) is 0 Å². The molecule has 0 aromatic heterocycles. The highest BCUT2D eigenvalue weighted by atomic mass is 32.2. The van der Waals surface area contributed by atoms with Crippen molar-refractivity contribution in [2.45, 2.75) is 63.4 Å². The summed E-state index contributed by atoms with van der Waals surface area (Å²) in [6.07, 6.45) is 3.14. The Labute approximate surface area is 98.1 Å². The highest BCUT2D eigenvalue weighted by molar-refractivity contribution is 8.01. The number of hydrogen-bond acceptors (Lipinski definition) is 3. The molecule has 1 saturated heterocycles. The molecule has 0 amide bonds. The minimum atomic E-state index is 0.253. The van der Waals surface area contributed by atoms with Crippen molar-refractivity contribution in [2.24, 2.45) is 0 Å². The zero-order valence-electron chi connectivity index (χ0n) is 10.4. The van der Waals surface area contributed by atoms with Crippen molar-refractivity contribution in [2.75, 3.05) is 6.61 Å². The van der Waals surface area contributed by atoms with Gasteiger partial charge < -0.3 is 9.47 Å². The van der Waals surface area contributed by atoms with Crippen molar-refractivity contribution >= 4 is 11.8 Å². The SMILES string of the molecule is CC(C)OC[C@H]1S[C@@H](C)[CH]C1OC(C)C. The zero-order valence-corrected chi connectivity index (χ0v) is 11.2. The summed E-state index contributed by atoms with van der Waals surface area (Å²) in [6.45, 7) is 11.3. The lowest BCUT2D eigenvalue weighted by molar-refractivity contribution is 0.00175. The Bertz CT molecular complexity index is 182. The predicted molar refractivity (Wildman–Crippen MR) is 66.2 cm³/mol. The first kappa shape index (κ1) is 13.3. The smallest absolute Gasteiger partial charge is 0.0762 e. The van der Waals surface area contributed by atoms with Gasteiger partial charge in [0.25, 0.3) is 0 Å². The van der Waals surface area contributed by atoms with Crippen LogP contribution in [0.1, 0.15) is 34.6 Å². The van der Waals surface area contributed by atoms with E-state index >= 15 is 0 Å². The molecule has 0 saturated carbocycles. The van der Waals surface area contributed by atoms with Crippen LogP contribution in [0.3, 0.4) is 0 Å². The average Bonchev–Trinajstić information content (AvgIpc) is 2.41. The van der Waals surface area contributed by atoms with Crippen LogP contribution in [0.25, 0.3) is 0 Å². The Kier molecular flexibility index (Phi) is 5.44. The molecule has 0 spiro atoms. The third-order valence-electron chi connectivity index (χ3n) is 2.24. The first-order valence-corrected chi connectivity index (χ1v) is 6.70. The Balaban J connectivity index is 2.38. The largest absolute Gasteiger partial charge is 0.378 e. The monoisotopic (exact) mass is 231 g/mol. The fourth-order valence-corrected chi connectivity index (χ4v) is 2.92. The summed E-state index contributed by atoms with van der Waals surface area (Å²) in [5.41, 5.74) is 0. The van der Waals surface area contributed by atoms with Crippen LogP contribution in [0, 0.1) is 6.42 Å². The standard InChI is InChI=1S/C12H23O2S/c1-8(2)13-7-12-11(14-9(3)4)6-10(5)15-12/h6,8-12H,7H2,1-5H3/t10-,11?,12+/m0/s1. The van der Waals surface area contributed by atoms with E-state index in [-0.39, 0.29) is 6.10 Å². The molecular formula is C12H23O2S. The van der Waals surface area contributed by atoms with Crippen LogP contribution in [0.4, 0.5) is 0 Å². The topological polar surface area (TPSA) is 18.5 Å². The molecule has 1 fully saturated rings. The summed E-state index contributed by atoms with van der Waals surface area (Å²) >= 11 is 1.95. The maximum atomic E-state index is 5.87. The second-order valence-electron chi connectivity index (χ2n) is 4.60. The lowest BCUT2D eigenvalue weighted by Crippen LogP contribution is -2.29. The third-order valence-corrected chi connectivity index (χ3v) is 3.58. The summed E-state index contributed by atoms with van der Waals surface area (Å²) in [5, 5.41) is 1.04. The van der Waals surface area contributed by atoms with E-state index in [0.717, 1.165) is 6.61 Å². The quantitative estimate of drug-likeness (QED) is 0.725. The lowest BCUT2D eigenvalue weighted by atomic mass is 10.1. The van der Waals surface area contributed by atoms with Gasteiger partial charge in [-0.2, -0.15) is 0 Å². The number of rotatable bonds is 5. The van der Waals surface area contributed by atoms with Crippen molar-refractivity contribution in [3.05, 3.63) is 6.42 Å². The molecule has 0 aromatic carbocycles. The molecule has 1 unspecified atom stereocenters. The van der Waals surface area contributed by atoms with Gasteiger partial charge in [-0.25, -0.2) is 0 Å². The molecule has 89 valence electrons. The van der Waals surface area contributed by atoms with E-state index in [0.29, 0.717) is 22.7 Å². The minimum Gasteiger partial charge on any atom is -0.378 e. The molecule has 0 bridgehead atoms. The molecule has 0 N–H and O–H groups in total. The molecule has 3 heteroatoms. The molecule has 1 heterocycles. The summed E-state index contributed by atoms with van der Waals surface area (Å²) < 4.78 is 11.5. The highest BCUT2D eigenvalue weighted by Gasteiger charge is 2.34. The summed E-state index contributed by atoms with van der Waals surface area (Å²) in [4.78, 5) is 0. The van der Waals surface area contributed by atoms with E-state index in [1.807, 2.05) is 11.8 Å². The van der Waals surface area contributed by atoms with Crippen LogP contribution in [-0.2, 0) is 9.47 Å². The molecular weight excluding hydrogens is 208 g/mol. The average molecular weight is 231 g/mol. The second-order valence-corrected chi connectivity index (χ2v) is 6.22. The van der Waals surface area contributed by atoms with Gasteiger partial charge in [0.15, 0.2) is 0 Å². The zero-order chi connectivity index (χ0) is 11.4. The predicted octanol–water partition coefficient (Wildman–Crippen LogP) is 2.91. The summed E-state index contributed by atoms with van der Waals surface area (Å²) in [7, 11) is 0. The van der Waals surface area contributed by atoms with Gasteiger partial charge in [-0.05, 0) is 27.7 Å². The Morgan fingerprint density at radius 3 is 2.40 bits per heavy atom. The molecule has 2 nitrogen and oxygen atoms in total. The van der Waals surface area contributed by atoms with Crippen LogP contribution in [-0.4, -0.2) is 35.4 Å². The lowest BCUT2D eigenvalue weighted by Gasteiger charge is -2.22. The molecule has 1 radical (unpaired) electrons. The van der Waals surface area contributed by atoms with Gasteiger partial charge in [0.1, 0.15) is 0 Å². The first-order valence-electron chi connectivity index (χ1n) is 5.76. The van der Waals surface area contributed by atoms with Crippen molar-refractivity contribution in [1.82, 2.24) is 0 Å². The Hall–Kier alpha value is 0.270. The summed E-state index contributed by atoms with van der Waals surface area (Å²) in [5.74, 6) is 0. The van der Waals surface area contributed by atoms with Crippen LogP contribution in [0.5, 0.6) is 0 Å². The molecule has 1 aliphatic rings. The normalized spacial score (nSPS) is 31.8. The third kappa shape index (κ3) is 4.75. The van der Waals surface area contributed by atoms with Gasteiger partial charge in [-0.15, -0.1) is 11.8 Å².